The quantitative estimate of drug-likeness (QED) is 0.178. The van der Waals surface area contributed by atoms with Crippen molar-refractivity contribution in [2.75, 3.05) is 47.9 Å². The van der Waals surface area contributed by atoms with Crippen LogP contribution in [0.4, 0.5) is 0 Å². The first-order valence-electron chi connectivity index (χ1n) is 14.2. The van der Waals surface area contributed by atoms with E-state index in [2.05, 4.69) is 16.0 Å². The number of hydrogen-bond acceptors (Lipinski definition) is 8. The predicted molar refractivity (Wildman–Crippen MR) is 161 cm³/mol. The molecule has 41 heavy (non-hydrogen) atoms. The summed E-state index contributed by atoms with van der Waals surface area (Å²) in [5.41, 5.74) is -0.823. The summed E-state index contributed by atoms with van der Waals surface area (Å²) >= 11 is 5.42. The number of ether oxygens (including phenoxy) is 2. The number of methoxy groups -OCH3 is 2. The van der Waals surface area contributed by atoms with Crippen molar-refractivity contribution in [3.63, 3.8) is 0 Å². The molecule has 0 bridgehead atoms. The van der Waals surface area contributed by atoms with Crippen LogP contribution in [0.2, 0.25) is 0 Å². The lowest BCUT2D eigenvalue weighted by atomic mass is 9.90. The summed E-state index contributed by atoms with van der Waals surface area (Å²) in [6, 6.07) is -0.640. The molecule has 3 amide bonds. The van der Waals surface area contributed by atoms with E-state index in [1.807, 2.05) is 20.8 Å². The summed E-state index contributed by atoms with van der Waals surface area (Å²) in [6.45, 7) is 9.44. The molecular weight excluding hydrogens is 550 g/mol. The van der Waals surface area contributed by atoms with Crippen LogP contribution in [-0.4, -0.2) is 121 Å². The minimum absolute atomic E-state index is 0.0185. The van der Waals surface area contributed by atoms with E-state index < -0.39 is 29.8 Å². The number of nitrogens with one attached hydrogen (secondary N) is 3. The van der Waals surface area contributed by atoms with Gasteiger partial charge in [-0.25, -0.2) is 0 Å². The maximum absolute atomic E-state index is 13.7. The van der Waals surface area contributed by atoms with Gasteiger partial charge >= 0.3 is 5.97 Å². The fourth-order valence-corrected chi connectivity index (χ4v) is 5.47. The van der Waals surface area contributed by atoms with Crippen LogP contribution < -0.4 is 16.0 Å². The second-order valence-electron chi connectivity index (χ2n) is 11.3. The Hall–Kier alpha value is -2.35. The summed E-state index contributed by atoms with van der Waals surface area (Å²) in [7, 11) is 6.46. The zero-order valence-electron chi connectivity index (χ0n) is 26.1. The van der Waals surface area contributed by atoms with E-state index in [4.69, 9.17) is 26.8 Å². The molecule has 0 spiro atoms. The van der Waals surface area contributed by atoms with Gasteiger partial charge in [0.15, 0.2) is 0 Å². The van der Waals surface area contributed by atoms with Gasteiger partial charge in [0.1, 0.15) is 6.54 Å². The van der Waals surface area contributed by atoms with E-state index in [1.165, 1.54) is 7.11 Å². The van der Waals surface area contributed by atoms with Gasteiger partial charge in [-0.1, -0.05) is 39.4 Å². The van der Waals surface area contributed by atoms with Crippen molar-refractivity contribution in [2.45, 2.75) is 90.1 Å². The first-order chi connectivity index (χ1) is 19.2. The largest absolute Gasteiger partial charge is 0.480 e. The number of carbonyl (C=O) groups excluding carboxylic acids is 3. The van der Waals surface area contributed by atoms with E-state index in [-0.39, 0.29) is 55.1 Å². The monoisotopic (exact) mass is 601 g/mol. The van der Waals surface area contributed by atoms with Crippen molar-refractivity contribution in [2.24, 2.45) is 11.8 Å². The van der Waals surface area contributed by atoms with Crippen molar-refractivity contribution >= 4 is 40.9 Å². The van der Waals surface area contributed by atoms with Gasteiger partial charge in [-0.15, -0.1) is 0 Å². The number of aliphatic carboxylic acids is 1. The SMILES string of the molecule is CCC(C)C(C(CC(=O)N1CCCC1C(OC)C(C)C(=S)NCC(=O)O)OC)N(C)C(=O)CNC(=O)C(C)(C)NC. The molecule has 1 aliphatic rings. The molecule has 1 saturated heterocycles. The van der Waals surface area contributed by atoms with Crippen LogP contribution in [0.15, 0.2) is 0 Å². The normalized spacial score (nSPS) is 19.0. The molecule has 12 nitrogen and oxygen atoms in total. The van der Waals surface area contributed by atoms with Crippen molar-refractivity contribution in [1.82, 2.24) is 25.8 Å². The third-order valence-corrected chi connectivity index (χ3v) is 8.83. The molecule has 6 unspecified atom stereocenters. The fourth-order valence-electron chi connectivity index (χ4n) is 5.26. The van der Waals surface area contributed by atoms with Crippen LogP contribution in [0, 0.1) is 11.8 Å². The lowest BCUT2D eigenvalue weighted by Crippen LogP contribution is -2.56. The molecule has 6 atom stereocenters. The molecular formula is C28H51N5O7S. The first kappa shape index (κ1) is 36.7. The van der Waals surface area contributed by atoms with Crippen LogP contribution in [0.1, 0.15) is 60.3 Å². The maximum Gasteiger partial charge on any atom is 0.322 e. The highest BCUT2D eigenvalue weighted by atomic mass is 32.1. The van der Waals surface area contributed by atoms with Gasteiger partial charge in [-0.2, -0.15) is 0 Å². The van der Waals surface area contributed by atoms with Crippen LogP contribution in [0.25, 0.3) is 0 Å². The van der Waals surface area contributed by atoms with E-state index in [9.17, 15) is 19.2 Å². The van der Waals surface area contributed by atoms with E-state index in [1.54, 1.807) is 44.9 Å². The molecule has 1 rings (SSSR count). The highest BCUT2D eigenvalue weighted by molar-refractivity contribution is 7.80. The number of hydrogen-bond donors (Lipinski definition) is 4. The van der Waals surface area contributed by atoms with E-state index in [0.717, 1.165) is 19.3 Å². The Labute approximate surface area is 250 Å². The zero-order chi connectivity index (χ0) is 31.5. The Morgan fingerprint density at radius 3 is 2.27 bits per heavy atom. The molecule has 0 radical (unpaired) electrons. The Morgan fingerprint density at radius 1 is 1.12 bits per heavy atom. The number of nitrogens with zero attached hydrogens (tertiary/aromatic N) is 2. The van der Waals surface area contributed by atoms with Gasteiger partial charge in [0.05, 0.1) is 47.8 Å². The summed E-state index contributed by atoms with van der Waals surface area (Å²) in [5.74, 6) is -1.99. The molecule has 0 aromatic carbocycles. The van der Waals surface area contributed by atoms with Crippen molar-refractivity contribution in [3.8, 4) is 0 Å². The topological polar surface area (TPSA) is 150 Å². The minimum Gasteiger partial charge on any atom is -0.480 e. The number of likely N-dealkylation sites (N-methyl/N-ethyl adjacent to an activating group) is 2. The average Bonchev–Trinajstić information content (AvgIpc) is 3.43. The molecule has 1 fully saturated rings. The summed E-state index contributed by atoms with van der Waals surface area (Å²) in [5, 5.41) is 17.3. The number of rotatable bonds is 17. The van der Waals surface area contributed by atoms with E-state index >= 15 is 0 Å². The zero-order valence-corrected chi connectivity index (χ0v) is 26.9. The fraction of sp³-hybridized carbons (Fsp3) is 0.821. The van der Waals surface area contributed by atoms with Crippen molar-refractivity contribution in [3.05, 3.63) is 0 Å². The lowest BCUT2D eigenvalue weighted by Gasteiger charge is -2.39. The minimum atomic E-state index is -1.01. The number of carboxylic acid groups (broad SMARTS) is 1. The molecule has 0 saturated carbocycles. The molecule has 13 heteroatoms. The average molecular weight is 602 g/mol. The molecule has 4 N–H and O–H groups in total. The van der Waals surface area contributed by atoms with Gasteiger partial charge in [-0.3, -0.25) is 19.2 Å². The van der Waals surface area contributed by atoms with Gasteiger partial charge in [0, 0.05) is 33.7 Å². The smallest absolute Gasteiger partial charge is 0.322 e. The highest BCUT2D eigenvalue weighted by Gasteiger charge is 2.41. The van der Waals surface area contributed by atoms with Gasteiger partial charge < -0.3 is 40.3 Å². The number of amides is 3. The number of carboxylic acids is 1. The Kier molecular flexibility index (Phi) is 15.1. The van der Waals surface area contributed by atoms with Crippen molar-refractivity contribution < 1.29 is 33.8 Å². The lowest BCUT2D eigenvalue weighted by molar-refractivity contribution is -0.144. The Balaban J connectivity index is 3.05. The van der Waals surface area contributed by atoms with Crippen LogP contribution >= 0.6 is 12.2 Å². The third kappa shape index (κ3) is 10.2. The first-order valence-corrected chi connectivity index (χ1v) is 14.6. The Bertz CT molecular complexity index is 918. The molecule has 0 aromatic heterocycles. The molecule has 1 aliphatic heterocycles. The van der Waals surface area contributed by atoms with Gasteiger partial charge in [0.2, 0.25) is 17.7 Å². The second kappa shape index (κ2) is 16.9. The summed E-state index contributed by atoms with van der Waals surface area (Å²) in [6.07, 6.45) is 1.34. The van der Waals surface area contributed by atoms with Gasteiger partial charge in [0.25, 0.3) is 0 Å². The van der Waals surface area contributed by atoms with E-state index in [0.29, 0.717) is 11.5 Å². The third-order valence-electron chi connectivity index (χ3n) is 8.31. The number of likely N-dealkylation sites (tertiary alicyclic amines) is 1. The maximum atomic E-state index is 13.7. The Morgan fingerprint density at radius 2 is 1.76 bits per heavy atom. The van der Waals surface area contributed by atoms with Crippen molar-refractivity contribution in [1.29, 1.82) is 0 Å². The second-order valence-corrected chi connectivity index (χ2v) is 11.8. The molecule has 236 valence electrons. The standard InChI is InChI=1S/C28H51N5O7S/c1-10-17(2)24(32(7)22(35)15-31-27(38)28(4,5)29-6)20(39-8)14-21(34)33-13-11-12-19(33)25(40-9)18(3)26(41)30-16-23(36)37/h17-20,24-25,29H,10-16H2,1-9H3,(H,30,41)(H,31,38)(H,36,37). The molecule has 1 heterocycles. The predicted octanol–water partition coefficient (Wildman–Crippen LogP) is 1.02. The van der Waals surface area contributed by atoms with Crippen LogP contribution in [0.3, 0.4) is 0 Å². The summed E-state index contributed by atoms with van der Waals surface area (Å²) < 4.78 is 11.6. The van der Waals surface area contributed by atoms with Gasteiger partial charge in [-0.05, 0) is 39.7 Å². The number of carbonyl (C=O) groups is 4. The van der Waals surface area contributed by atoms with Crippen LogP contribution in [-0.2, 0) is 28.7 Å². The molecule has 0 aliphatic carbocycles. The van der Waals surface area contributed by atoms with Crippen LogP contribution in [0.5, 0.6) is 0 Å². The summed E-state index contributed by atoms with van der Waals surface area (Å²) in [4.78, 5) is 54.1. The number of thiocarbonyl (C=S) groups is 1. The highest BCUT2D eigenvalue weighted by Crippen LogP contribution is 2.29. The molecule has 0 aromatic rings.